The van der Waals surface area contributed by atoms with E-state index < -0.39 is 0 Å². The SMILES string of the molecule is Cc1cc(C=N)c(Nc2cnn(C)c2)cc1C1C[C@@H]2CN(C3CCOCC3)C[C@@H]2C1. The normalized spacial score (nSPS) is 27.3. The molecule has 3 fully saturated rings. The molecule has 1 aromatic carbocycles. The molecular weight excluding hydrogens is 374 g/mol. The maximum absolute atomic E-state index is 7.85. The first-order chi connectivity index (χ1) is 14.6. The van der Waals surface area contributed by atoms with Crippen molar-refractivity contribution in [1.29, 1.82) is 5.41 Å². The van der Waals surface area contributed by atoms with Gasteiger partial charge in [-0.3, -0.25) is 9.58 Å². The van der Waals surface area contributed by atoms with Crippen molar-refractivity contribution < 1.29 is 4.74 Å². The lowest BCUT2D eigenvalue weighted by atomic mass is 9.90. The highest BCUT2D eigenvalue weighted by Gasteiger charge is 2.43. The van der Waals surface area contributed by atoms with Crippen LogP contribution < -0.4 is 5.32 Å². The van der Waals surface area contributed by atoms with Crippen molar-refractivity contribution in [2.75, 3.05) is 31.6 Å². The van der Waals surface area contributed by atoms with Gasteiger partial charge in [0.05, 0.1) is 11.9 Å². The molecule has 1 aliphatic carbocycles. The van der Waals surface area contributed by atoms with Gasteiger partial charge in [0.15, 0.2) is 0 Å². The van der Waals surface area contributed by atoms with Crippen LogP contribution in [0.15, 0.2) is 24.5 Å². The Bertz CT molecular complexity index is 902. The maximum atomic E-state index is 7.85. The smallest absolute Gasteiger partial charge is 0.0770 e. The molecule has 2 aromatic rings. The summed E-state index contributed by atoms with van der Waals surface area (Å²) in [4.78, 5) is 2.76. The van der Waals surface area contributed by atoms with E-state index in [0.717, 1.165) is 48.0 Å². The maximum Gasteiger partial charge on any atom is 0.0770 e. The molecule has 1 saturated carbocycles. The Kier molecular flexibility index (Phi) is 5.37. The molecule has 2 aliphatic heterocycles. The summed E-state index contributed by atoms with van der Waals surface area (Å²) in [7, 11) is 1.92. The standard InChI is InChI=1S/C24H33N5O/c1-16-7-18(11-25)24(27-21-12-26-28(2)15-21)10-23(16)17-8-19-13-29(14-20(19)9-17)22-3-5-30-6-4-22/h7,10-12,15,17,19-20,22,25,27H,3-6,8-9,13-14H2,1-2H3/t17?,19-,20+. The largest absolute Gasteiger partial charge is 0.381 e. The highest BCUT2D eigenvalue weighted by molar-refractivity contribution is 5.88. The van der Waals surface area contributed by atoms with Crippen molar-refractivity contribution >= 4 is 17.6 Å². The number of aromatic nitrogens is 2. The Morgan fingerprint density at radius 3 is 2.53 bits per heavy atom. The number of benzene rings is 1. The summed E-state index contributed by atoms with van der Waals surface area (Å²) < 4.78 is 7.36. The fraction of sp³-hybridized carbons (Fsp3) is 0.583. The number of ether oxygens (including phenoxy) is 1. The number of likely N-dealkylation sites (tertiary alicyclic amines) is 1. The first-order valence-corrected chi connectivity index (χ1v) is 11.3. The molecule has 160 valence electrons. The molecule has 2 saturated heterocycles. The number of aryl methyl sites for hydroxylation is 2. The molecule has 0 amide bonds. The molecule has 3 heterocycles. The van der Waals surface area contributed by atoms with E-state index in [0.29, 0.717) is 5.92 Å². The number of hydrogen-bond acceptors (Lipinski definition) is 5. The first-order valence-electron chi connectivity index (χ1n) is 11.3. The Labute approximate surface area is 179 Å². The molecule has 1 unspecified atom stereocenters. The molecule has 5 rings (SSSR count). The van der Waals surface area contributed by atoms with E-state index in [1.165, 1.54) is 56.1 Å². The minimum atomic E-state index is 0.631. The molecule has 1 aromatic heterocycles. The summed E-state index contributed by atoms with van der Waals surface area (Å²) in [5.41, 5.74) is 5.68. The Hall–Kier alpha value is -2.18. The van der Waals surface area contributed by atoms with Crippen LogP contribution in [0.4, 0.5) is 11.4 Å². The van der Waals surface area contributed by atoms with Crippen molar-refractivity contribution in [3.05, 3.63) is 41.2 Å². The second-order valence-electron chi connectivity index (χ2n) is 9.45. The van der Waals surface area contributed by atoms with Gasteiger partial charge in [-0.2, -0.15) is 5.10 Å². The van der Waals surface area contributed by atoms with Crippen LogP contribution in [0.1, 0.15) is 48.3 Å². The minimum absolute atomic E-state index is 0.631. The second-order valence-corrected chi connectivity index (χ2v) is 9.45. The zero-order valence-electron chi connectivity index (χ0n) is 18.1. The van der Waals surface area contributed by atoms with Gasteiger partial charge < -0.3 is 15.5 Å². The van der Waals surface area contributed by atoms with Crippen molar-refractivity contribution in [2.24, 2.45) is 18.9 Å². The predicted octanol–water partition coefficient (Wildman–Crippen LogP) is 4.07. The van der Waals surface area contributed by atoms with Gasteiger partial charge in [0.2, 0.25) is 0 Å². The van der Waals surface area contributed by atoms with Crippen LogP contribution in [0.3, 0.4) is 0 Å². The lowest BCUT2D eigenvalue weighted by molar-refractivity contribution is 0.0395. The molecule has 2 N–H and O–H groups in total. The summed E-state index contributed by atoms with van der Waals surface area (Å²) in [6.07, 6.45) is 10.2. The number of fused-ring (bicyclic) bond motifs is 1. The van der Waals surface area contributed by atoms with E-state index in [1.54, 1.807) is 4.68 Å². The fourth-order valence-electron chi connectivity index (χ4n) is 5.99. The van der Waals surface area contributed by atoms with Gasteiger partial charge in [-0.1, -0.05) is 0 Å². The van der Waals surface area contributed by atoms with Crippen LogP contribution in [-0.4, -0.2) is 53.2 Å². The van der Waals surface area contributed by atoms with Crippen LogP contribution in [0.2, 0.25) is 0 Å². The number of rotatable bonds is 5. The second kappa shape index (κ2) is 8.16. The van der Waals surface area contributed by atoms with E-state index in [2.05, 4.69) is 34.4 Å². The third-order valence-electron chi connectivity index (χ3n) is 7.50. The third kappa shape index (κ3) is 3.79. The van der Waals surface area contributed by atoms with E-state index >= 15 is 0 Å². The first kappa shape index (κ1) is 19.8. The fourth-order valence-corrected chi connectivity index (χ4v) is 5.99. The van der Waals surface area contributed by atoms with E-state index in [-0.39, 0.29) is 0 Å². The quantitative estimate of drug-likeness (QED) is 0.733. The van der Waals surface area contributed by atoms with Gasteiger partial charge in [-0.25, -0.2) is 0 Å². The van der Waals surface area contributed by atoms with Crippen LogP contribution in [0.5, 0.6) is 0 Å². The van der Waals surface area contributed by atoms with Crippen molar-refractivity contribution in [3.63, 3.8) is 0 Å². The lowest BCUT2D eigenvalue weighted by Gasteiger charge is -2.32. The monoisotopic (exact) mass is 407 g/mol. The van der Waals surface area contributed by atoms with Crippen molar-refractivity contribution in [2.45, 2.75) is 44.6 Å². The van der Waals surface area contributed by atoms with Gasteiger partial charge in [0.1, 0.15) is 0 Å². The Morgan fingerprint density at radius 2 is 1.90 bits per heavy atom. The van der Waals surface area contributed by atoms with Crippen LogP contribution in [0, 0.1) is 24.2 Å². The summed E-state index contributed by atoms with van der Waals surface area (Å²) in [6, 6.07) is 5.21. The summed E-state index contributed by atoms with van der Waals surface area (Å²) in [5.74, 6) is 2.29. The van der Waals surface area contributed by atoms with E-state index in [9.17, 15) is 0 Å². The molecule has 3 aliphatic rings. The minimum Gasteiger partial charge on any atom is -0.381 e. The molecule has 0 spiro atoms. The summed E-state index contributed by atoms with van der Waals surface area (Å²) >= 11 is 0. The van der Waals surface area contributed by atoms with Gasteiger partial charge in [-0.15, -0.1) is 0 Å². The topological polar surface area (TPSA) is 66.2 Å². The van der Waals surface area contributed by atoms with Gasteiger partial charge >= 0.3 is 0 Å². The molecule has 6 nitrogen and oxygen atoms in total. The summed E-state index contributed by atoms with van der Waals surface area (Å²) in [5, 5.41) is 15.6. The third-order valence-corrected chi connectivity index (χ3v) is 7.50. The van der Waals surface area contributed by atoms with Crippen molar-refractivity contribution in [1.82, 2.24) is 14.7 Å². The van der Waals surface area contributed by atoms with Crippen LogP contribution in [-0.2, 0) is 11.8 Å². The average Bonchev–Trinajstić information content (AvgIpc) is 3.44. The Morgan fingerprint density at radius 1 is 1.17 bits per heavy atom. The van der Waals surface area contributed by atoms with Gasteiger partial charge in [0, 0.05) is 63.1 Å². The predicted molar refractivity (Wildman–Crippen MR) is 120 cm³/mol. The van der Waals surface area contributed by atoms with Gasteiger partial charge in [-0.05, 0) is 73.6 Å². The number of anilines is 2. The molecule has 0 radical (unpaired) electrons. The van der Waals surface area contributed by atoms with E-state index in [1.807, 2.05) is 19.4 Å². The molecule has 6 heteroatoms. The van der Waals surface area contributed by atoms with Crippen LogP contribution >= 0.6 is 0 Å². The Balaban J connectivity index is 1.31. The highest BCUT2D eigenvalue weighted by atomic mass is 16.5. The van der Waals surface area contributed by atoms with Crippen LogP contribution in [0.25, 0.3) is 0 Å². The number of nitrogens with zero attached hydrogens (tertiary/aromatic N) is 3. The molecule has 3 atom stereocenters. The highest BCUT2D eigenvalue weighted by Crippen LogP contribution is 2.48. The van der Waals surface area contributed by atoms with E-state index in [4.69, 9.17) is 10.1 Å². The number of nitrogens with one attached hydrogen (secondary N) is 2. The van der Waals surface area contributed by atoms with Gasteiger partial charge in [0.25, 0.3) is 0 Å². The van der Waals surface area contributed by atoms with Crippen molar-refractivity contribution in [3.8, 4) is 0 Å². The zero-order chi connectivity index (χ0) is 20.7. The molecular formula is C24H33N5O. The summed E-state index contributed by atoms with van der Waals surface area (Å²) in [6.45, 7) is 6.61. The average molecular weight is 408 g/mol. The lowest BCUT2D eigenvalue weighted by Crippen LogP contribution is -2.38. The zero-order valence-corrected chi connectivity index (χ0v) is 18.1. The molecule has 0 bridgehead atoms. The molecule has 30 heavy (non-hydrogen) atoms. The number of hydrogen-bond donors (Lipinski definition) is 2.